The van der Waals surface area contributed by atoms with Gasteiger partial charge in [0.15, 0.2) is 0 Å². The third kappa shape index (κ3) is 5.34. The highest BCUT2D eigenvalue weighted by Gasteiger charge is 2.44. The number of ether oxygens (including phenoxy) is 3. The van der Waals surface area contributed by atoms with Crippen LogP contribution in [-0.4, -0.2) is 71.1 Å². The molecule has 3 fully saturated rings. The summed E-state index contributed by atoms with van der Waals surface area (Å²) in [5, 5.41) is 0.358. The summed E-state index contributed by atoms with van der Waals surface area (Å²) < 4.78 is 17.0. The zero-order chi connectivity index (χ0) is 22.2. The van der Waals surface area contributed by atoms with Crippen LogP contribution in [0.25, 0.3) is 0 Å². The Hall–Kier alpha value is -1.80. The fourth-order valence-corrected chi connectivity index (χ4v) is 4.99. The average molecular weight is 453 g/mol. The number of rotatable bonds is 4. The van der Waals surface area contributed by atoms with E-state index in [0.29, 0.717) is 30.2 Å². The number of aromatic nitrogens is 2. The Morgan fingerprint density at radius 3 is 2.55 bits per heavy atom. The molecule has 0 saturated carbocycles. The molecule has 4 rings (SSSR count). The van der Waals surface area contributed by atoms with Crippen LogP contribution in [0.15, 0.2) is 6.07 Å². The van der Waals surface area contributed by atoms with Crippen LogP contribution < -0.4 is 9.64 Å². The lowest BCUT2D eigenvalue weighted by atomic mass is 9.81. The molecule has 4 atom stereocenters. The van der Waals surface area contributed by atoms with Gasteiger partial charge in [0.2, 0.25) is 11.8 Å². The molecule has 1 aromatic heterocycles. The number of carbonyl (C=O) groups excluding carboxylic acids is 1. The van der Waals surface area contributed by atoms with E-state index >= 15 is 0 Å². The van der Waals surface area contributed by atoms with E-state index in [0.717, 1.165) is 38.5 Å². The minimum Gasteiger partial charge on any atom is -0.472 e. The number of halogens is 1. The van der Waals surface area contributed by atoms with E-state index in [1.165, 1.54) is 0 Å². The van der Waals surface area contributed by atoms with Crippen molar-refractivity contribution in [3.8, 4) is 5.88 Å². The van der Waals surface area contributed by atoms with E-state index in [-0.39, 0.29) is 30.3 Å². The molecule has 0 radical (unpaired) electrons. The molecule has 3 aliphatic rings. The van der Waals surface area contributed by atoms with Gasteiger partial charge in [0.05, 0.1) is 13.2 Å². The molecule has 0 aromatic carbocycles. The van der Waals surface area contributed by atoms with E-state index in [9.17, 15) is 4.79 Å². The van der Waals surface area contributed by atoms with Crippen LogP contribution in [-0.2, 0) is 9.47 Å². The molecule has 172 valence electrons. The van der Waals surface area contributed by atoms with Crippen molar-refractivity contribution in [1.29, 1.82) is 0 Å². The van der Waals surface area contributed by atoms with Gasteiger partial charge in [-0.1, -0.05) is 11.6 Å². The summed E-state index contributed by atoms with van der Waals surface area (Å²) in [5.41, 5.74) is -0.492. The SMILES string of the molecule is CN(c1nc(Cl)cc(O[C@H]2CCOC2)n1)[C@@H]1C[C@H]2CCC[C@@H](C1)N2C(=O)OC(C)(C)C. The average Bonchev–Trinajstić information content (AvgIpc) is 3.17. The predicted molar refractivity (Wildman–Crippen MR) is 118 cm³/mol. The molecule has 9 heteroatoms. The van der Waals surface area contributed by atoms with E-state index in [2.05, 4.69) is 14.9 Å². The van der Waals surface area contributed by atoms with Crippen molar-refractivity contribution < 1.29 is 19.0 Å². The maximum absolute atomic E-state index is 12.8. The number of nitrogens with zero attached hydrogens (tertiary/aromatic N) is 4. The number of carbonyl (C=O) groups is 1. The standard InChI is InChI=1S/C22H33ClN4O4/c1-22(2,3)31-21(28)27-14-6-5-7-15(27)11-16(10-14)26(4)20-24-18(23)12-19(25-20)30-17-8-9-29-13-17/h12,14-17H,5-11,13H2,1-4H3/t14-,15+,16-,17-/m0/s1. The van der Waals surface area contributed by atoms with Gasteiger partial charge in [0, 0.05) is 37.7 Å². The molecular formula is C22H33ClN4O4. The van der Waals surface area contributed by atoms with Crippen LogP contribution in [0, 0.1) is 0 Å². The van der Waals surface area contributed by atoms with Gasteiger partial charge < -0.3 is 24.0 Å². The zero-order valence-electron chi connectivity index (χ0n) is 18.8. The topological polar surface area (TPSA) is 77.0 Å². The van der Waals surface area contributed by atoms with Crippen molar-refractivity contribution >= 4 is 23.6 Å². The molecule has 0 unspecified atom stereocenters. The molecule has 4 heterocycles. The Morgan fingerprint density at radius 1 is 1.23 bits per heavy atom. The normalized spacial score (nSPS) is 28.4. The maximum Gasteiger partial charge on any atom is 0.410 e. The molecule has 0 spiro atoms. The van der Waals surface area contributed by atoms with Crippen LogP contribution in [0.5, 0.6) is 5.88 Å². The van der Waals surface area contributed by atoms with E-state index in [1.807, 2.05) is 32.7 Å². The summed E-state index contributed by atoms with van der Waals surface area (Å²) in [6.07, 6.45) is 5.49. The van der Waals surface area contributed by atoms with Crippen molar-refractivity contribution in [2.24, 2.45) is 0 Å². The second-order valence-corrected chi connectivity index (χ2v) is 10.2. The lowest BCUT2D eigenvalue weighted by molar-refractivity contribution is -0.0214. The monoisotopic (exact) mass is 452 g/mol. The van der Waals surface area contributed by atoms with Gasteiger partial charge in [0.25, 0.3) is 0 Å². The summed E-state index contributed by atoms with van der Waals surface area (Å²) in [7, 11) is 2.00. The first-order valence-electron chi connectivity index (χ1n) is 11.2. The van der Waals surface area contributed by atoms with Crippen LogP contribution in [0.3, 0.4) is 0 Å². The summed E-state index contributed by atoms with van der Waals surface area (Å²) >= 11 is 6.28. The van der Waals surface area contributed by atoms with Crippen LogP contribution >= 0.6 is 11.6 Å². The van der Waals surface area contributed by atoms with Gasteiger partial charge in [-0.15, -0.1) is 0 Å². The molecule has 31 heavy (non-hydrogen) atoms. The first kappa shape index (κ1) is 22.4. The van der Waals surface area contributed by atoms with Crippen LogP contribution in [0.4, 0.5) is 10.7 Å². The molecule has 1 amide bonds. The minimum absolute atomic E-state index is 0.000507. The van der Waals surface area contributed by atoms with Gasteiger partial charge in [-0.2, -0.15) is 4.98 Å². The van der Waals surface area contributed by atoms with E-state index < -0.39 is 5.60 Å². The smallest absolute Gasteiger partial charge is 0.410 e. The lowest BCUT2D eigenvalue weighted by Crippen LogP contribution is -2.59. The number of amides is 1. The zero-order valence-corrected chi connectivity index (χ0v) is 19.6. The summed E-state index contributed by atoms with van der Waals surface area (Å²) in [6, 6.07) is 2.20. The third-order valence-corrected chi connectivity index (χ3v) is 6.45. The lowest BCUT2D eigenvalue weighted by Gasteiger charge is -2.50. The number of hydrogen-bond donors (Lipinski definition) is 0. The Bertz CT molecular complexity index is 782. The molecule has 0 N–H and O–H groups in total. The van der Waals surface area contributed by atoms with Gasteiger partial charge in [0.1, 0.15) is 16.9 Å². The highest BCUT2D eigenvalue weighted by molar-refractivity contribution is 6.29. The van der Waals surface area contributed by atoms with Crippen molar-refractivity contribution in [2.75, 3.05) is 25.2 Å². The molecule has 1 aromatic rings. The first-order chi connectivity index (χ1) is 14.7. The summed E-state index contributed by atoms with van der Waals surface area (Å²) in [6.45, 7) is 7.01. The summed E-state index contributed by atoms with van der Waals surface area (Å²) in [5.74, 6) is 1.03. The van der Waals surface area contributed by atoms with E-state index in [1.54, 1.807) is 6.07 Å². The second-order valence-electron chi connectivity index (χ2n) is 9.79. The fraction of sp³-hybridized carbons (Fsp3) is 0.773. The Morgan fingerprint density at radius 2 is 1.94 bits per heavy atom. The Balaban J connectivity index is 1.47. The largest absolute Gasteiger partial charge is 0.472 e. The van der Waals surface area contributed by atoms with Gasteiger partial charge in [-0.05, 0) is 52.9 Å². The highest BCUT2D eigenvalue weighted by atomic mass is 35.5. The Labute approximate surface area is 189 Å². The Kier molecular flexibility index (Phi) is 6.49. The van der Waals surface area contributed by atoms with Gasteiger partial charge >= 0.3 is 6.09 Å². The van der Waals surface area contributed by atoms with Crippen molar-refractivity contribution in [1.82, 2.24) is 14.9 Å². The first-order valence-corrected chi connectivity index (χ1v) is 11.6. The number of fused-ring (bicyclic) bond motifs is 2. The number of piperidine rings is 2. The highest BCUT2D eigenvalue weighted by Crippen LogP contribution is 2.37. The quantitative estimate of drug-likeness (QED) is 0.637. The third-order valence-electron chi connectivity index (χ3n) is 6.25. The maximum atomic E-state index is 12.8. The molecule has 3 aliphatic heterocycles. The molecule has 2 bridgehead atoms. The summed E-state index contributed by atoms with van der Waals surface area (Å²) in [4.78, 5) is 26.0. The van der Waals surface area contributed by atoms with Crippen molar-refractivity contribution in [3.63, 3.8) is 0 Å². The molecule has 3 saturated heterocycles. The van der Waals surface area contributed by atoms with Crippen molar-refractivity contribution in [2.45, 2.75) is 89.1 Å². The fourth-order valence-electron chi connectivity index (χ4n) is 4.83. The van der Waals surface area contributed by atoms with Crippen molar-refractivity contribution in [3.05, 3.63) is 11.2 Å². The van der Waals surface area contributed by atoms with Crippen LogP contribution in [0.2, 0.25) is 5.15 Å². The molecule has 8 nitrogen and oxygen atoms in total. The minimum atomic E-state index is -0.492. The predicted octanol–water partition coefficient (Wildman–Crippen LogP) is 4.05. The number of anilines is 1. The number of hydrogen-bond acceptors (Lipinski definition) is 7. The molecule has 0 aliphatic carbocycles. The van der Waals surface area contributed by atoms with E-state index in [4.69, 9.17) is 25.8 Å². The van der Waals surface area contributed by atoms with Gasteiger partial charge in [-0.25, -0.2) is 9.78 Å². The van der Waals surface area contributed by atoms with Crippen LogP contribution in [0.1, 0.15) is 59.3 Å². The molecular weight excluding hydrogens is 420 g/mol. The van der Waals surface area contributed by atoms with Gasteiger partial charge in [-0.3, -0.25) is 0 Å². The second kappa shape index (κ2) is 8.98.